The Morgan fingerprint density at radius 1 is 0.345 bits per heavy atom. The minimum atomic E-state index is -0.731. The number of aryl methyl sites for hydroxylation is 1. The molecule has 0 unspecified atom stereocenters. The molecule has 1 heterocycles. The normalized spacial score (nSPS) is 12.7. The largest absolute Gasteiger partial charge is 0.508 e. The molecule has 0 spiro atoms. The summed E-state index contributed by atoms with van der Waals surface area (Å²) in [7, 11) is 1.87. The summed E-state index contributed by atoms with van der Waals surface area (Å²) < 4.78 is 6.85. The van der Waals surface area contributed by atoms with Gasteiger partial charge in [0.1, 0.15) is 55.7 Å². The zero-order chi connectivity index (χ0) is 85.7. The Morgan fingerprint density at radius 2 is 0.580 bits per heavy atom. The fourth-order valence-corrected chi connectivity index (χ4v) is 14.1. The van der Waals surface area contributed by atoms with Crippen molar-refractivity contribution in [3.8, 4) is 23.0 Å². The molecule has 0 aliphatic carbocycles. The summed E-state index contributed by atoms with van der Waals surface area (Å²) in [6.45, 7) is 14.0. The molecule has 0 aliphatic rings. The van der Waals surface area contributed by atoms with E-state index in [1.54, 1.807) is 81.8 Å². The predicted molar refractivity (Wildman–Crippen MR) is 461 cm³/mol. The summed E-state index contributed by atoms with van der Waals surface area (Å²) in [5, 5.41) is 30.9. The fraction of sp³-hybridized carbons (Fsp3) is 0.268. The third-order valence-corrected chi connectivity index (χ3v) is 21.6. The number of phenolic OH excluding ortho intramolecular Hbond substituents is 3. The van der Waals surface area contributed by atoms with E-state index in [0.717, 1.165) is 50.2 Å². The predicted octanol–water partition coefficient (Wildman–Crippen LogP) is 15.3. The van der Waals surface area contributed by atoms with Crippen molar-refractivity contribution in [2.75, 3.05) is 45.8 Å². The lowest BCUT2D eigenvalue weighted by molar-refractivity contribution is -0.152. The summed E-state index contributed by atoms with van der Waals surface area (Å²) in [6.07, 6.45) is 3.39. The SMILES string of the molecule is CC(=O)Oc1ccc([C@H](C)c2ccc(O)cc2)cc1.CC(c1ccc(O)cc1)c1ccc(O)cc1.C[C@@H](c1ccccc1)N(CC(N)=O)C(=O)CN(C(=O)CN(C(=O)CN(C(=O)CN(C(=O)CN(C(=O)CNCc1cncn1C)[C@@H](C)c1ccccc1)[C@@H](C)c1ccccc1)[C@@H](C)c1ccccc1)[C@@H](C)c1ccccc1)[C@@H](C)c1ccccc1. The summed E-state index contributed by atoms with van der Waals surface area (Å²) in [4.78, 5) is 127. The van der Waals surface area contributed by atoms with Crippen molar-refractivity contribution in [1.29, 1.82) is 0 Å². The molecule has 0 bridgehead atoms. The zero-order valence-electron chi connectivity index (χ0n) is 69.2. The summed E-state index contributed by atoms with van der Waals surface area (Å²) in [6, 6.07) is 80.6. The Hall–Kier alpha value is -13.5. The highest BCUT2D eigenvalue weighted by Crippen LogP contribution is 2.33. The Kier molecular flexibility index (Phi) is 33.1. The molecule has 119 heavy (non-hydrogen) atoms. The Labute approximate surface area is 697 Å². The monoisotopic (exact) mass is 1600 g/mol. The van der Waals surface area contributed by atoms with E-state index in [2.05, 4.69) is 24.1 Å². The van der Waals surface area contributed by atoms with E-state index in [-0.39, 0.29) is 54.1 Å². The van der Waals surface area contributed by atoms with Crippen LogP contribution in [0.2, 0.25) is 0 Å². The highest BCUT2D eigenvalue weighted by molar-refractivity contribution is 5.94. The second-order valence-electron chi connectivity index (χ2n) is 29.6. The number of nitrogens with one attached hydrogen (secondary N) is 1. The molecule has 11 rings (SSSR count). The van der Waals surface area contributed by atoms with Gasteiger partial charge in [0.2, 0.25) is 41.4 Å². The van der Waals surface area contributed by atoms with Gasteiger partial charge in [-0.05, 0) is 146 Å². The number of amides is 7. The molecule has 0 radical (unpaired) electrons. The number of rotatable bonds is 33. The van der Waals surface area contributed by atoms with Gasteiger partial charge in [-0.1, -0.05) is 244 Å². The van der Waals surface area contributed by atoms with E-state index >= 15 is 19.2 Å². The summed E-state index contributed by atoms with van der Waals surface area (Å²) >= 11 is 0. The maximum Gasteiger partial charge on any atom is 0.308 e. The first-order valence-corrected chi connectivity index (χ1v) is 39.8. The van der Waals surface area contributed by atoms with Crippen LogP contribution in [0.1, 0.15) is 172 Å². The molecular formula is C97H108N10O12. The first-order valence-electron chi connectivity index (χ1n) is 39.8. The molecule has 0 aliphatic heterocycles. The molecule has 22 nitrogen and oxygen atoms in total. The number of carbonyl (C=O) groups is 8. The molecule has 22 heteroatoms. The fourth-order valence-electron chi connectivity index (χ4n) is 14.1. The van der Waals surface area contributed by atoms with Crippen molar-refractivity contribution in [3.63, 3.8) is 0 Å². The Morgan fingerprint density at radius 3 is 0.807 bits per heavy atom. The van der Waals surface area contributed by atoms with Gasteiger partial charge < -0.3 is 65.1 Å². The number of aromatic nitrogens is 2. The molecule has 0 fully saturated rings. The average molecular weight is 1610 g/mol. The van der Waals surface area contributed by atoms with Gasteiger partial charge in [-0.3, -0.25) is 38.4 Å². The quantitative estimate of drug-likeness (QED) is 0.0189. The molecule has 7 atom stereocenters. The van der Waals surface area contributed by atoms with Crippen molar-refractivity contribution < 1.29 is 58.4 Å². The average Bonchev–Trinajstić information content (AvgIpc) is 1.22. The van der Waals surface area contributed by atoms with Crippen molar-refractivity contribution in [1.82, 2.24) is 44.3 Å². The number of aromatic hydroxyl groups is 3. The van der Waals surface area contributed by atoms with Crippen molar-refractivity contribution >= 4 is 47.3 Å². The van der Waals surface area contributed by atoms with Gasteiger partial charge >= 0.3 is 5.97 Å². The Balaban J connectivity index is 0.000000373. The summed E-state index contributed by atoms with van der Waals surface area (Å²) in [5.41, 5.74) is 15.6. The number of ether oxygens (including phenoxy) is 1. The number of esters is 1. The molecule has 10 aromatic carbocycles. The van der Waals surface area contributed by atoms with Crippen LogP contribution in [0.4, 0.5) is 0 Å². The number of hydrogen-bond acceptors (Lipinski definition) is 14. The van der Waals surface area contributed by atoms with Crippen molar-refractivity contribution in [2.45, 2.75) is 117 Å². The van der Waals surface area contributed by atoms with E-state index in [1.807, 2.05) is 263 Å². The van der Waals surface area contributed by atoms with Crippen LogP contribution >= 0.6 is 0 Å². The first-order chi connectivity index (χ1) is 57.1. The molecule has 11 aromatic rings. The number of phenols is 3. The van der Waals surface area contributed by atoms with Crippen LogP contribution in [0.3, 0.4) is 0 Å². The van der Waals surface area contributed by atoms with Gasteiger partial charge in [-0.25, -0.2) is 4.98 Å². The van der Waals surface area contributed by atoms with Crippen molar-refractivity contribution in [2.24, 2.45) is 12.8 Å². The summed E-state index contributed by atoms with van der Waals surface area (Å²) in [5.74, 6) is -2.29. The molecule has 618 valence electrons. The molecule has 1 aromatic heterocycles. The van der Waals surface area contributed by atoms with E-state index in [9.17, 15) is 34.5 Å². The van der Waals surface area contributed by atoms with Crippen LogP contribution in [-0.2, 0) is 51.9 Å². The van der Waals surface area contributed by atoms with Gasteiger partial charge in [-0.15, -0.1) is 0 Å². The Bertz CT molecular complexity index is 5010. The third kappa shape index (κ3) is 25.8. The minimum absolute atomic E-state index is 0.0892. The molecular weight excluding hydrogens is 1500 g/mol. The highest BCUT2D eigenvalue weighted by Gasteiger charge is 2.37. The number of nitrogens with two attached hydrogens (primary N) is 1. The number of imidazole rings is 1. The van der Waals surface area contributed by atoms with Crippen LogP contribution in [0.25, 0.3) is 0 Å². The number of primary amides is 1. The van der Waals surface area contributed by atoms with Gasteiger partial charge in [0.05, 0.1) is 61.4 Å². The third-order valence-electron chi connectivity index (χ3n) is 21.6. The molecule has 0 saturated carbocycles. The minimum Gasteiger partial charge on any atom is -0.508 e. The number of hydrogen-bond donors (Lipinski definition) is 5. The van der Waals surface area contributed by atoms with E-state index < -0.39 is 104 Å². The standard InChI is InChI=1S/C67H78N10O7.C16H16O3.C14H14O2/c1-48(54-26-14-8-15-27-54)72(41-61(68)78)63(80)43-74(50(3)56-30-18-10-19-31-56)65(82)45-76(52(5)58-34-22-12-23-35-58)67(84)46-77(53(6)59-36-24-13-25-37-59)66(83)44-75(51(4)57-32-20-11-21-33-57)64(81)42-73(49(2)55-28-16-9-17-29-55)62(79)40-69-38-60-39-70-47-71(60)7;1-11(13-3-7-15(18)8-4-13)14-5-9-16(10-6-14)19-12(2)17;1-10(11-2-6-13(15)7-3-11)12-4-8-14(16)9-5-12/h8-37,39,47-53,69H,38,40-46H2,1-7H3,(H2,68,78);3-11,18H,1-2H3;2-10,15-16H,1H3/t48-,49-,50-,51-,52-,53-;11-;/m01./s1. The smallest absolute Gasteiger partial charge is 0.308 e. The molecule has 0 saturated heterocycles. The number of carbonyl (C=O) groups excluding carboxylic acids is 8. The van der Waals surface area contributed by atoms with Gasteiger partial charge in [0.25, 0.3) is 0 Å². The lowest BCUT2D eigenvalue weighted by Crippen LogP contribution is -2.53. The van der Waals surface area contributed by atoms with E-state index in [0.29, 0.717) is 23.4 Å². The van der Waals surface area contributed by atoms with E-state index in [1.165, 1.54) is 36.3 Å². The second-order valence-corrected chi connectivity index (χ2v) is 29.6. The van der Waals surface area contributed by atoms with Gasteiger partial charge in [0.15, 0.2) is 0 Å². The van der Waals surface area contributed by atoms with E-state index in [4.69, 9.17) is 10.5 Å². The lowest BCUT2D eigenvalue weighted by Gasteiger charge is -2.38. The highest BCUT2D eigenvalue weighted by atomic mass is 16.5. The van der Waals surface area contributed by atoms with Crippen LogP contribution in [-0.4, -0.2) is 147 Å². The van der Waals surface area contributed by atoms with Crippen LogP contribution in [0, 0.1) is 0 Å². The van der Waals surface area contributed by atoms with Gasteiger partial charge in [0, 0.05) is 38.5 Å². The molecule has 6 N–H and O–H groups in total. The van der Waals surface area contributed by atoms with Crippen molar-refractivity contribution in [3.05, 3.63) is 353 Å². The first kappa shape index (κ1) is 89.5. The van der Waals surface area contributed by atoms with Crippen LogP contribution < -0.4 is 15.8 Å². The maximum atomic E-state index is 15.6. The lowest BCUT2D eigenvalue weighted by atomic mass is 9.93. The van der Waals surface area contributed by atoms with Crippen LogP contribution in [0.5, 0.6) is 23.0 Å². The maximum absolute atomic E-state index is 15.6. The second kappa shape index (κ2) is 44.0. The topological polar surface area (TPSA) is 282 Å². The molecule has 7 amide bonds. The van der Waals surface area contributed by atoms with Gasteiger partial charge in [-0.2, -0.15) is 0 Å². The van der Waals surface area contributed by atoms with Crippen LogP contribution in [0.15, 0.2) is 292 Å². The zero-order valence-corrected chi connectivity index (χ0v) is 69.2. The number of benzene rings is 10. The number of nitrogens with zero attached hydrogens (tertiary/aromatic N) is 8.